The standard InChI is InChI=1S/C17H20O9/c18-6-11-12(19)13(20)14(21)17(26-11)23-8-3-1-7(2-4-8)9-5-10-15(24-10)16(22)25-9/h1-4,9-15,17-21H,5-6H2/t9-,10-,11-,12-,13+,14-,15-,17-/m1/s1. The van der Waals surface area contributed by atoms with Gasteiger partial charge < -0.3 is 39.4 Å². The van der Waals surface area contributed by atoms with Crippen molar-refractivity contribution in [3.8, 4) is 5.75 Å². The lowest BCUT2D eigenvalue weighted by atomic mass is 9.99. The second-order valence-corrected chi connectivity index (χ2v) is 6.64. The topological polar surface area (TPSA) is 138 Å². The van der Waals surface area contributed by atoms with Gasteiger partial charge in [0.15, 0.2) is 6.10 Å². The molecule has 0 aliphatic carbocycles. The van der Waals surface area contributed by atoms with Gasteiger partial charge in [-0.1, -0.05) is 12.1 Å². The first-order chi connectivity index (χ1) is 12.5. The van der Waals surface area contributed by atoms with Crippen LogP contribution in [0.5, 0.6) is 5.75 Å². The van der Waals surface area contributed by atoms with E-state index in [4.69, 9.17) is 18.9 Å². The lowest BCUT2D eigenvalue weighted by Gasteiger charge is -2.39. The maximum Gasteiger partial charge on any atom is 0.338 e. The molecule has 142 valence electrons. The Morgan fingerprint density at radius 2 is 1.77 bits per heavy atom. The minimum Gasteiger partial charge on any atom is -0.462 e. The molecule has 3 aliphatic rings. The Hall–Kier alpha value is -1.75. The van der Waals surface area contributed by atoms with Crippen molar-refractivity contribution < 1.29 is 44.2 Å². The maximum absolute atomic E-state index is 11.6. The molecule has 1 aromatic rings. The molecule has 0 aromatic heterocycles. The predicted octanol–water partition coefficient (Wildman–Crippen LogP) is -1.38. The van der Waals surface area contributed by atoms with Crippen molar-refractivity contribution in [1.29, 1.82) is 0 Å². The third-order valence-electron chi connectivity index (χ3n) is 4.87. The van der Waals surface area contributed by atoms with Crippen LogP contribution >= 0.6 is 0 Å². The highest BCUT2D eigenvalue weighted by molar-refractivity contribution is 5.79. The van der Waals surface area contributed by atoms with Crippen LogP contribution in [0.1, 0.15) is 18.1 Å². The third kappa shape index (κ3) is 3.18. The van der Waals surface area contributed by atoms with Crippen LogP contribution in [0, 0.1) is 0 Å². The molecule has 8 atom stereocenters. The first-order valence-electron chi connectivity index (χ1n) is 8.41. The molecule has 0 unspecified atom stereocenters. The Balaban J connectivity index is 1.41. The predicted molar refractivity (Wildman–Crippen MR) is 82.9 cm³/mol. The Morgan fingerprint density at radius 1 is 1.04 bits per heavy atom. The molecular formula is C17H20O9. The van der Waals surface area contributed by atoms with Crippen LogP contribution in [0.2, 0.25) is 0 Å². The van der Waals surface area contributed by atoms with Gasteiger partial charge in [0, 0.05) is 6.42 Å². The summed E-state index contributed by atoms with van der Waals surface area (Å²) >= 11 is 0. The smallest absolute Gasteiger partial charge is 0.338 e. The minimum absolute atomic E-state index is 0.0775. The van der Waals surface area contributed by atoms with Gasteiger partial charge in [-0.2, -0.15) is 0 Å². The summed E-state index contributed by atoms with van der Waals surface area (Å²) in [5.74, 6) is -0.00587. The molecule has 3 aliphatic heterocycles. The molecule has 3 fully saturated rings. The number of hydrogen-bond acceptors (Lipinski definition) is 9. The van der Waals surface area contributed by atoms with Crippen molar-refractivity contribution >= 4 is 5.97 Å². The number of epoxide rings is 1. The van der Waals surface area contributed by atoms with Crippen LogP contribution in [0.4, 0.5) is 0 Å². The number of aliphatic hydroxyl groups excluding tert-OH is 4. The molecule has 0 bridgehead atoms. The Bertz CT molecular complexity index is 661. The van der Waals surface area contributed by atoms with Gasteiger partial charge >= 0.3 is 5.97 Å². The number of hydrogen-bond donors (Lipinski definition) is 4. The molecule has 9 heteroatoms. The summed E-state index contributed by atoms with van der Waals surface area (Å²) in [6.07, 6.45) is -6.97. The average Bonchev–Trinajstić information content (AvgIpc) is 3.43. The van der Waals surface area contributed by atoms with Crippen LogP contribution < -0.4 is 4.74 Å². The highest BCUT2D eigenvalue weighted by atomic mass is 16.7. The number of carbonyl (C=O) groups is 1. The number of esters is 1. The monoisotopic (exact) mass is 368 g/mol. The van der Waals surface area contributed by atoms with Crippen LogP contribution in [-0.4, -0.2) is 75.9 Å². The minimum atomic E-state index is -1.50. The van der Waals surface area contributed by atoms with Gasteiger partial charge in [0.1, 0.15) is 36.3 Å². The third-order valence-corrected chi connectivity index (χ3v) is 4.87. The molecule has 3 heterocycles. The van der Waals surface area contributed by atoms with E-state index in [2.05, 4.69) is 0 Å². The number of fused-ring (bicyclic) bond motifs is 1. The first kappa shape index (κ1) is 17.7. The summed E-state index contributed by atoms with van der Waals surface area (Å²) in [5.41, 5.74) is 0.786. The normalized spacial score (nSPS) is 41.9. The zero-order valence-electron chi connectivity index (χ0n) is 13.7. The molecule has 9 nitrogen and oxygen atoms in total. The molecule has 4 rings (SSSR count). The first-order valence-corrected chi connectivity index (χ1v) is 8.41. The number of aliphatic hydroxyl groups is 4. The fraction of sp³-hybridized carbons (Fsp3) is 0.588. The molecule has 3 saturated heterocycles. The molecule has 0 saturated carbocycles. The van der Waals surface area contributed by atoms with Crippen molar-refractivity contribution in [1.82, 2.24) is 0 Å². The molecule has 26 heavy (non-hydrogen) atoms. The van der Waals surface area contributed by atoms with E-state index in [9.17, 15) is 25.2 Å². The van der Waals surface area contributed by atoms with Crippen LogP contribution in [-0.2, 0) is 19.0 Å². The van der Waals surface area contributed by atoms with Crippen molar-refractivity contribution in [3.63, 3.8) is 0 Å². The van der Waals surface area contributed by atoms with Gasteiger partial charge in [-0.25, -0.2) is 4.79 Å². The van der Waals surface area contributed by atoms with E-state index in [0.29, 0.717) is 12.2 Å². The average molecular weight is 368 g/mol. The van der Waals surface area contributed by atoms with Crippen molar-refractivity contribution in [2.45, 2.75) is 55.4 Å². The van der Waals surface area contributed by atoms with E-state index in [0.717, 1.165) is 5.56 Å². The maximum atomic E-state index is 11.6. The van der Waals surface area contributed by atoms with Gasteiger partial charge in [0.05, 0.1) is 12.7 Å². The van der Waals surface area contributed by atoms with Crippen molar-refractivity contribution in [3.05, 3.63) is 29.8 Å². The molecule has 0 amide bonds. The molecular weight excluding hydrogens is 348 g/mol. The van der Waals surface area contributed by atoms with E-state index in [-0.39, 0.29) is 18.2 Å². The highest BCUT2D eigenvalue weighted by Gasteiger charge is 2.52. The molecule has 4 N–H and O–H groups in total. The zero-order chi connectivity index (χ0) is 18.4. The summed E-state index contributed by atoms with van der Waals surface area (Å²) in [5, 5.41) is 38.7. The van der Waals surface area contributed by atoms with Gasteiger partial charge in [-0.05, 0) is 17.7 Å². The van der Waals surface area contributed by atoms with E-state index >= 15 is 0 Å². The zero-order valence-corrected chi connectivity index (χ0v) is 13.7. The lowest BCUT2D eigenvalue weighted by Crippen LogP contribution is -2.60. The fourth-order valence-electron chi connectivity index (χ4n) is 3.26. The van der Waals surface area contributed by atoms with E-state index in [1.165, 1.54) is 0 Å². The van der Waals surface area contributed by atoms with E-state index < -0.39 is 43.4 Å². The quantitative estimate of drug-likeness (QED) is 0.374. The van der Waals surface area contributed by atoms with Gasteiger partial charge in [-0.15, -0.1) is 0 Å². The second kappa shape index (κ2) is 6.76. The summed E-state index contributed by atoms with van der Waals surface area (Å²) < 4.78 is 21.4. The SMILES string of the molecule is O=C1O[C@@H](c2ccc(O[C@@H]3O[C@H](CO)[C@@H](O)[C@H](O)[C@H]3O)cc2)C[C@H]2O[C@@H]12. The number of ether oxygens (including phenoxy) is 4. The number of carbonyl (C=O) groups excluding carboxylic acids is 1. The van der Waals surface area contributed by atoms with Crippen LogP contribution in [0.25, 0.3) is 0 Å². The van der Waals surface area contributed by atoms with Crippen LogP contribution in [0.15, 0.2) is 24.3 Å². The largest absolute Gasteiger partial charge is 0.462 e. The summed E-state index contributed by atoms with van der Waals surface area (Å²) in [6, 6.07) is 6.68. The van der Waals surface area contributed by atoms with Gasteiger partial charge in [0.25, 0.3) is 0 Å². The highest BCUT2D eigenvalue weighted by Crippen LogP contribution is 2.40. The number of benzene rings is 1. The Morgan fingerprint density at radius 3 is 2.42 bits per heavy atom. The van der Waals surface area contributed by atoms with Gasteiger partial charge in [-0.3, -0.25) is 0 Å². The van der Waals surface area contributed by atoms with E-state index in [1.807, 2.05) is 0 Å². The van der Waals surface area contributed by atoms with Crippen molar-refractivity contribution in [2.75, 3.05) is 6.61 Å². The summed E-state index contributed by atoms with van der Waals surface area (Å²) in [4.78, 5) is 11.6. The molecule has 1 aromatic carbocycles. The Labute approximate surface area is 148 Å². The van der Waals surface area contributed by atoms with Crippen molar-refractivity contribution in [2.24, 2.45) is 0 Å². The molecule has 0 radical (unpaired) electrons. The van der Waals surface area contributed by atoms with E-state index in [1.54, 1.807) is 24.3 Å². The van der Waals surface area contributed by atoms with Gasteiger partial charge in [0.2, 0.25) is 6.29 Å². The second-order valence-electron chi connectivity index (χ2n) is 6.64. The lowest BCUT2D eigenvalue weighted by molar-refractivity contribution is -0.277. The Kier molecular flexibility index (Phi) is 4.59. The molecule has 0 spiro atoms. The summed E-state index contributed by atoms with van der Waals surface area (Å²) in [6.45, 7) is -0.527. The fourth-order valence-corrected chi connectivity index (χ4v) is 3.26. The number of rotatable bonds is 4. The summed E-state index contributed by atoms with van der Waals surface area (Å²) in [7, 11) is 0. The van der Waals surface area contributed by atoms with Crippen LogP contribution in [0.3, 0.4) is 0 Å². The number of cyclic esters (lactones) is 1.